The minimum atomic E-state index is -0.609. The summed E-state index contributed by atoms with van der Waals surface area (Å²) in [7, 11) is 1.54. The maximum atomic E-state index is 13.6. The largest absolute Gasteiger partial charge is 0.385 e. The summed E-state index contributed by atoms with van der Waals surface area (Å²) in [6.45, 7) is 2.10. The Hall–Kier alpha value is -4.35. The fraction of sp³-hybridized carbons (Fsp3) is 0.185. The van der Waals surface area contributed by atoms with Crippen molar-refractivity contribution in [1.29, 1.82) is 5.26 Å². The van der Waals surface area contributed by atoms with Crippen molar-refractivity contribution in [2.24, 2.45) is 0 Å². The van der Waals surface area contributed by atoms with Crippen LogP contribution in [0.25, 0.3) is 23.0 Å². The summed E-state index contributed by atoms with van der Waals surface area (Å²) >= 11 is 0. The van der Waals surface area contributed by atoms with Crippen LogP contribution in [0, 0.1) is 17.1 Å². The summed E-state index contributed by atoms with van der Waals surface area (Å²) in [4.78, 5) is 27.2. The summed E-state index contributed by atoms with van der Waals surface area (Å²) < 4.78 is 20.3. The zero-order valence-electron chi connectivity index (χ0n) is 19.4. The van der Waals surface area contributed by atoms with E-state index < -0.39 is 11.8 Å². The number of carbonyl (C=O) groups excluding carboxylic acids is 2. The number of amides is 2. The van der Waals surface area contributed by atoms with Crippen molar-refractivity contribution in [3.63, 3.8) is 0 Å². The normalized spacial score (nSPS) is 15.1. The number of nitriles is 1. The third kappa shape index (κ3) is 4.81. The van der Waals surface area contributed by atoms with E-state index in [-0.39, 0.29) is 23.5 Å². The molecule has 35 heavy (non-hydrogen) atoms. The molecule has 0 atom stereocenters. The Morgan fingerprint density at radius 3 is 2.46 bits per heavy atom. The molecule has 2 aromatic carbocycles. The number of para-hydroxylation sites is 1. The van der Waals surface area contributed by atoms with Gasteiger partial charge in [0, 0.05) is 43.2 Å². The first-order valence-electron chi connectivity index (χ1n) is 11.0. The molecule has 0 fully saturated rings. The van der Waals surface area contributed by atoms with Crippen molar-refractivity contribution in [3.8, 4) is 23.0 Å². The lowest BCUT2D eigenvalue weighted by Crippen LogP contribution is -2.43. The molecule has 2 amide bonds. The van der Waals surface area contributed by atoms with Crippen molar-refractivity contribution in [2.45, 2.75) is 13.3 Å². The van der Waals surface area contributed by atoms with E-state index in [2.05, 4.69) is 5.10 Å². The molecule has 0 saturated carbocycles. The van der Waals surface area contributed by atoms with Gasteiger partial charge in [-0.15, -0.1) is 0 Å². The molecule has 4 rings (SSSR count). The van der Waals surface area contributed by atoms with Crippen LogP contribution in [0.3, 0.4) is 0 Å². The molecule has 0 bridgehead atoms. The van der Waals surface area contributed by atoms with Crippen molar-refractivity contribution in [2.75, 3.05) is 20.3 Å². The predicted molar refractivity (Wildman–Crippen MR) is 128 cm³/mol. The smallest absolute Gasteiger partial charge is 0.271 e. The van der Waals surface area contributed by atoms with Crippen LogP contribution in [0.1, 0.15) is 18.9 Å². The number of nitrogens with zero attached hydrogens (tertiary/aromatic N) is 4. The number of carbonyl (C=O) groups is 2. The summed E-state index contributed by atoms with van der Waals surface area (Å²) in [5, 5.41) is 14.3. The van der Waals surface area contributed by atoms with Crippen LogP contribution in [0.15, 0.2) is 77.5 Å². The number of aromatic nitrogens is 2. The zero-order chi connectivity index (χ0) is 24.9. The average molecular weight is 471 g/mol. The molecule has 3 aromatic rings. The van der Waals surface area contributed by atoms with Gasteiger partial charge in [0.05, 0.1) is 11.4 Å². The summed E-state index contributed by atoms with van der Waals surface area (Å²) in [5.74, 6) is -1.47. The highest BCUT2D eigenvalue weighted by molar-refractivity contribution is 6.19. The number of rotatable bonds is 7. The topological polar surface area (TPSA) is 88.2 Å². The van der Waals surface area contributed by atoms with Gasteiger partial charge in [-0.05, 0) is 61.4 Å². The van der Waals surface area contributed by atoms with Crippen molar-refractivity contribution < 1.29 is 18.7 Å². The average Bonchev–Trinajstić information content (AvgIpc) is 3.29. The number of imide groups is 1. The molecule has 2 heterocycles. The number of hydrogen-bond donors (Lipinski definition) is 0. The molecule has 176 valence electrons. The van der Waals surface area contributed by atoms with Crippen LogP contribution < -0.4 is 0 Å². The molecule has 0 unspecified atom stereocenters. The lowest BCUT2D eigenvalue weighted by atomic mass is 9.93. The van der Waals surface area contributed by atoms with E-state index in [1.165, 1.54) is 19.2 Å². The summed E-state index contributed by atoms with van der Waals surface area (Å²) in [6.07, 6.45) is 3.85. The standard InChI is InChI=1S/C27H23FN4O3/c1-18-23(26(33)31(13-6-14-35-2)27(34)24(18)16-29)15-20-17-32(22-7-4-3-5-8-22)30-25(20)19-9-11-21(28)12-10-19/h3-5,7-12,15,17H,6,13-14H2,1-2H3/b23-15+. The third-order valence-corrected chi connectivity index (χ3v) is 5.74. The fourth-order valence-corrected chi connectivity index (χ4v) is 3.89. The molecule has 0 spiro atoms. The third-order valence-electron chi connectivity index (χ3n) is 5.74. The summed E-state index contributed by atoms with van der Waals surface area (Å²) in [5.41, 5.74) is 3.04. The van der Waals surface area contributed by atoms with Gasteiger partial charge in [0.15, 0.2) is 0 Å². The highest BCUT2D eigenvalue weighted by Gasteiger charge is 2.35. The minimum absolute atomic E-state index is 0.0768. The van der Waals surface area contributed by atoms with Gasteiger partial charge >= 0.3 is 0 Å². The Kier molecular flexibility index (Phi) is 6.99. The van der Waals surface area contributed by atoms with Crippen LogP contribution >= 0.6 is 0 Å². The maximum absolute atomic E-state index is 13.6. The Morgan fingerprint density at radius 1 is 1.09 bits per heavy atom. The van der Waals surface area contributed by atoms with Gasteiger partial charge in [0.25, 0.3) is 11.8 Å². The number of halogens is 1. The lowest BCUT2D eigenvalue weighted by molar-refractivity contribution is -0.140. The van der Waals surface area contributed by atoms with Crippen LogP contribution in [-0.4, -0.2) is 46.8 Å². The van der Waals surface area contributed by atoms with Gasteiger partial charge < -0.3 is 4.74 Å². The van der Waals surface area contributed by atoms with Crippen LogP contribution in [0.2, 0.25) is 0 Å². The van der Waals surface area contributed by atoms with E-state index >= 15 is 0 Å². The summed E-state index contributed by atoms with van der Waals surface area (Å²) in [6, 6.07) is 17.3. The molecule has 1 aliphatic heterocycles. The van der Waals surface area contributed by atoms with Crippen LogP contribution in [0.4, 0.5) is 4.39 Å². The van der Waals surface area contributed by atoms with Gasteiger partial charge in [-0.3, -0.25) is 14.5 Å². The number of methoxy groups -OCH3 is 1. The van der Waals surface area contributed by atoms with E-state index in [1.54, 1.807) is 36.0 Å². The molecule has 1 aliphatic rings. The highest BCUT2D eigenvalue weighted by atomic mass is 19.1. The van der Waals surface area contributed by atoms with E-state index in [0.29, 0.717) is 35.4 Å². The molecular formula is C27H23FN4O3. The van der Waals surface area contributed by atoms with Crippen molar-refractivity contribution >= 4 is 17.9 Å². The molecule has 8 heteroatoms. The molecule has 0 N–H and O–H groups in total. The quantitative estimate of drug-likeness (QED) is 0.292. The maximum Gasteiger partial charge on any atom is 0.271 e. The van der Waals surface area contributed by atoms with Crippen LogP contribution in [-0.2, 0) is 14.3 Å². The van der Waals surface area contributed by atoms with Crippen molar-refractivity contribution in [1.82, 2.24) is 14.7 Å². The predicted octanol–water partition coefficient (Wildman–Crippen LogP) is 4.31. The van der Waals surface area contributed by atoms with Gasteiger partial charge in [0.2, 0.25) is 0 Å². The number of hydrogen-bond acceptors (Lipinski definition) is 5. The van der Waals surface area contributed by atoms with Gasteiger partial charge in [0.1, 0.15) is 17.5 Å². The monoisotopic (exact) mass is 470 g/mol. The Balaban J connectivity index is 1.86. The molecular weight excluding hydrogens is 447 g/mol. The van der Waals surface area contributed by atoms with Gasteiger partial charge in [-0.25, -0.2) is 9.07 Å². The Labute approximate surface area is 202 Å². The van der Waals surface area contributed by atoms with Gasteiger partial charge in [-0.1, -0.05) is 18.2 Å². The second kappa shape index (κ2) is 10.3. The molecule has 1 aromatic heterocycles. The number of benzene rings is 2. The molecule has 7 nitrogen and oxygen atoms in total. The van der Waals surface area contributed by atoms with E-state index in [9.17, 15) is 19.2 Å². The zero-order valence-corrected chi connectivity index (χ0v) is 19.4. The Bertz CT molecular complexity index is 1370. The minimum Gasteiger partial charge on any atom is -0.385 e. The number of ether oxygens (including phenoxy) is 1. The lowest BCUT2D eigenvalue weighted by Gasteiger charge is -2.27. The van der Waals surface area contributed by atoms with Gasteiger partial charge in [-0.2, -0.15) is 10.4 Å². The highest BCUT2D eigenvalue weighted by Crippen LogP contribution is 2.31. The Morgan fingerprint density at radius 2 is 1.80 bits per heavy atom. The van der Waals surface area contributed by atoms with Crippen LogP contribution in [0.5, 0.6) is 0 Å². The molecule has 0 radical (unpaired) electrons. The van der Waals surface area contributed by atoms with E-state index in [0.717, 1.165) is 10.6 Å². The van der Waals surface area contributed by atoms with E-state index in [4.69, 9.17) is 4.74 Å². The van der Waals surface area contributed by atoms with Crippen molar-refractivity contribution in [3.05, 3.63) is 88.9 Å². The second-order valence-corrected chi connectivity index (χ2v) is 8.00. The molecule has 0 saturated heterocycles. The SMILES string of the molecule is COCCCN1C(=O)C(C#N)=C(C)/C(=C\c2cn(-c3ccccc3)nc2-c2ccc(F)cc2)C1=O. The first-order valence-corrected chi connectivity index (χ1v) is 11.0. The van der Waals surface area contributed by atoms with E-state index in [1.807, 2.05) is 36.4 Å². The first-order chi connectivity index (χ1) is 16.9. The second-order valence-electron chi connectivity index (χ2n) is 8.00. The first kappa shape index (κ1) is 23.8. The fourth-order valence-electron chi connectivity index (χ4n) is 3.89. The molecule has 0 aliphatic carbocycles.